The number of aromatic nitrogens is 2. The fourth-order valence-electron chi connectivity index (χ4n) is 1.96. The summed E-state index contributed by atoms with van der Waals surface area (Å²) in [5.41, 5.74) is 1.00. The summed E-state index contributed by atoms with van der Waals surface area (Å²) >= 11 is 1.25. The largest absolute Gasteiger partial charge is 0.494 e. The minimum atomic E-state index is -0.428. The maximum atomic E-state index is 13.7. The molecule has 0 saturated heterocycles. The van der Waals surface area contributed by atoms with Crippen molar-refractivity contribution in [1.82, 2.24) is 10.2 Å². The fraction of sp³-hybridized carbons (Fsp3) is 0.125. The standard InChI is InChI=1S/C16H12F2N2O2S/c1-21-14-7-6-10(8-13(14)18)9-23-16-20-19-15(22-16)11-4-2-3-5-12(11)17/h2-8H,9H2,1H3. The molecule has 2 aromatic carbocycles. The Morgan fingerprint density at radius 3 is 2.65 bits per heavy atom. The second-order valence-corrected chi connectivity index (χ2v) is 5.54. The van der Waals surface area contributed by atoms with E-state index in [1.54, 1.807) is 30.3 Å². The summed E-state index contributed by atoms with van der Waals surface area (Å²) in [4.78, 5) is 0. The van der Waals surface area contributed by atoms with E-state index in [0.717, 1.165) is 5.56 Å². The number of nitrogens with zero attached hydrogens (tertiary/aromatic N) is 2. The van der Waals surface area contributed by atoms with Crippen LogP contribution in [0.4, 0.5) is 8.78 Å². The average molecular weight is 334 g/mol. The number of methoxy groups -OCH3 is 1. The molecule has 1 aromatic heterocycles. The molecule has 0 fully saturated rings. The van der Waals surface area contributed by atoms with Gasteiger partial charge in [0, 0.05) is 5.75 Å². The molecule has 1 heterocycles. The van der Waals surface area contributed by atoms with Crippen LogP contribution in [0.25, 0.3) is 11.5 Å². The molecule has 4 nitrogen and oxygen atoms in total. The maximum absolute atomic E-state index is 13.7. The highest BCUT2D eigenvalue weighted by molar-refractivity contribution is 7.98. The Hall–Kier alpha value is -2.41. The molecule has 0 saturated carbocycles. The van der Waals surface area contributed by atoms with Crippen LogP contribution in [-0.2, 0) is 5.75 Å². The Morgan fingerprint density at radius 2 is 1.91 bits per heavy atom. The highest BCUT2D eigenvalue weighted by Gasteiger charge is 2.13. The van der Waals surface area contributed by atoms with E-state index in [1.165, 1.54) is 31.0 Å². The molecule has 118 valence electrons. The first-order valence-electron chi connectivity index (χ1n) is 6.71. The van der Waals surface area contributed by atoms with E-state index in [0.29, 0.717) is 11.0 Å². The van der Waals surface area contributed by atoms with Gasteiger partial charge in [-0.2, -0.15) is 0 Å². The molecule has 0 spiro atoms. The predicted molar refractivity (Wildman–Crippen MR) is 82.2 cm³/mol. The number of thioether (sulfide) groups is 1. The van der Waals surface area contributed by atoms with Crippen LogP contribution in [0.2, 0.25) is 0 Å². The van der Waals surface area contributed by atoms with Gasteiger partial charge in [-0.15, -0.1) is 10.2 Å². The Labute approximate surface area is 135 Å². The highest BCUT2D eigenvalue weighted by Crippen LogP contribution is 2.28. The van der Waals surface area contributed by atoms with Crippen molar-refractivity contribution in [2.45, 2.75) is 11.0 Å². The van der Waals surface area contributed by atoms with E-state index in [2.05, 4.69) is 10.2 Å². The molecule has 23 heavy (non-hydrogen) atoms. The zero-order valence-corrected chi connectivity index (χ0v) is 12.9. The summed E-state index contributed by atoms with van der Waals surface area (Å²) in [6.07, 6.45) is 0. The van der Waals surface area contributed by atoms with Gasteiger partial charge in [-0.05, 0) is 29.8 Å². The van der Waals surface area contributed by atoms with Crippen molar-refractivity contribution in [3.8, 4) is 17.2 Å². The van der Waals surface area contributed by atoms with E-state index in [4.69, 9.17) is 9.15 Å². The van der Waals surface area contributed by atoms with Gasteiger partial charge in [0.25, 0.3) is 11.1 Å². The molecule has 0 bridgehead atoms. The topological polar surface area (TPSA) is 48.2 Å². The first-order valence-corrected chi connectivity index (χ1v) is 7.69. The normalized spacial score (nSPS) is 10.7. The van der Waals surface area contributed by atoms with E-state index in [1.807, 2.05) is 0 Å². The van der Waals surface area contributed by atoms with Crippen molar-refractivity contribution in [2.75, 3.05) is 7.11 Å². The minimum Gasteiger partial charge on any atom is -0.494 e. The summed E-state index contributed by atoms with van der Waals surface area (Å²) in [6.45, 7) is 0. The lowest BCUT2D eigenvalue weighted by Gasteiger charge is -2.03. The van der Waals surface area contributed by atoms with Gasteiger partial charge in [-0.25, -0.2) is 8.78 Å². The van der Waals surface area contributed by atoms with E-state index in [-0.39, 0.29) is 17.2 Å². The molecular weight excluding hydrogens is 322 g/mol. The van der Waals surface area contributed by atoms with Gasteiger partial charge in [-0.3, -0.25) is 0 Å². The molecule has 0 aliphatic carbocycles. The molecule has 3 rings (SSSR count). The lowest BCUT2D eigenvalue weighted by atomic mass is 10.2. The summed E-state index contributed by atoms with van der Waals surface area (Å²) in [5.74, 6) is -0.0993. The maximum Gasteiger partial charge on any atom is 0.277 e. The first kappa shape index (κ1) is 15.5. The zero-order chi connectivity index (χ0) is 16.2. The smallest absolute Gasteiger partial charge is 0.277 e. The quantitative estimate of drug-likeness (QED) is 0.651. The first-order chi connectivity index (χ1) is 11.2. The number of ether oxygens (including phenoxy) is 1. The Bertz CT molecular complexity index is 823. The summed E-state index contributed by atoms with van der Waals surface area (Å²) in [6, 6.07) is 10.9. The molecule has 0 N–H and O–H groups in total. The lowest BCUT2D eigenvalue weighted by molar-refractivity contribution is 0.386. The van der Waals surface area contributed by atoms with E-state index < -0.39 is 11.6 Å². The molecule has 0 atom stereocenters. The molecule has 0 unspecified atom stereocenters. The molecule has 0 aliphatic rings. The second-order valence-electron chi connectivity index (χ2n) is 4.61. The van der Waals surface area contributed by atoms with Crippen LogP contribution >= 0.6 is 11.8 Å². The van der Waals surface area contributed by atoms with Crippen LogP contribution in [0.5, 0.6) is 5.75 Å². The van der Waals surface area contributed by atoms with Crippen molar-refractivity contribution in [1.29, 1.82) is 0 Å². The van der Waals surface area contributed by atoms with Crippen LogP contribution in [-0.4, -0.2) is 17.3 Å². The monoisotopic (exact) mass is 334 g/mol. The minimum absolute atomic E-state index is 0.117. The zero-order valence-electron chi connectivity index (χ0n) is 12.1. The molecule has 7 heteroatoms. The predicted octanol–water partition coefficient (Wildman–Crippen LogP) is 4.32. The number of halogens is 2. The van der Waals surface area contributed by atoms with Crippen molar-refractivity contribution in [2.24, 2.45) is 0 Å². The molecule has 0 radical (unpaired) electrons. The number of rotatable bonds is 5. The second kappa shape index (κ2) is 6.78. The third-order valence-electron chi connectivity index (χ3n) is 3.09. The van der Waals surface area contributed by atoms with Gasteiger partial charge in [-0.1, -0.05) is 30.0 Å². The Morgan fingerprint density at radius 1 is 1.09 bits per heavy atom. The third-order valence-corrected chi connectivity index (χ3v) is 3.98. The van der Waals surface area contributed by atoms with E-state index >= 15 is 0 Å². The van der Waals surface area contributed by atoms with Crippen molar-refractivity contribution >= 4 is 11.8 Å². The molecule has 0 amide bonds. The lowest BCUT2D eigenvalue weighted by Crippen LogP contribution is -1.90. The number of hydrogen-bond acceptors (Lipinski definition) is 5. The van der Waals surface area contributed by atoms with Gasteiger partial charge < -0.3 is 9.15 Å². The SMILES string of the molecule is COc1ccc(CSc2nnc(-c3ccccc3F)o2)cc1F. The third kappa shape index (κ3) is 3.50. The van der Waals surface area contributed by atoms with Gasteiger partial charge in [0.15, 0.2) is 11.6 Å². The van der Waals surface area contributed by atoms with Gasteiger partial charge >= 0.3 is 0 Å². The molecule has 3 aromatic rings. The number of hydrogen-bond donors (Lipinski definition) is 0. The Balaban J connectivity index is 1.70. The fourth-order valence-corrected chi connectivity index (χ4v) is 2.66. The van der Waals surface area contributed by atoms with Gasteiger partial charge in [0.2, 0.25) is 0 Å². The Kier molecular flexibility index (Phi) is 4.57. The van der Waals surface area contributed by atoms with Crippen molar-refractivity contribution in [3.63, 3.8) is 0 Å². The highest BCUT2D eigenvalue weighted by atomic mass is 32.2. The van der Waals surface area contributed by atoms with Crippen LogP contribution in [0.3, 0.4) is 0 Å². The van der Waals surface area contributed by atoms with Crippen LogP contribution in [0.1, 0.15) is 5.56 Å². The van der Waals surface area contributed by atoms with Crippen LogP contribution in [0, 0.1) is 11.6 Å². The van der Waals surface area contributed by atoms with Gasteiger partial charge in [0.1, 0.15) is 5.82 Å². The van der Waals surface area contributed by atoms with Gasteiger partial charge in [0.05, 0.1) is 12.7 Å². The summed E-state index contributed by atoms with van der Waals surface area (Å²) in [7, 11) is 1.41. The molecular formula is C16H12F2N2O2S. The number of benzene rings is 2. The summed E-state index contributed by atoms with van der Waals surface area (Å²) in [5, 5.41) is 7.99. The molecule has 0 aliphatic heterocycles. The van der Waals surface area contributed by atoms with Crippen LogP contribution < -0.4 is 4.74 Å². The van der Waals surface area contributed by atoms with Crippen molar-refractivity contribution < 1.29 is 17.9 Å². The van der Waals surface area contributed by atoms with Crippen LogP contribution in [0.15, 0.2) is 52.1 Å². The average Bonchev–Trinajstić information content (AvgIpc) is 3.02. The van der Waals surface area contributed by atoms with Crippen molar-refractivity contribution in [3.05, 3.63) is 59.7 Å². The van der Waals surface area contributed by atoms with E-state index in [9.17, 15) is 8.78 Å². The summed E-state index contributed by atoms with van der Waals surface area (Å²) < 4.78 is 37.6.